The molecule has 0 saturated carbocycles. The predicted octanol–water partition coefficient (Wildman–Crippen LogP) is 2.84. The third-order valence-electron chi connectivity index (χ3n) is 2.49. The second-order valence-corrected chi connectivity index (χ2v) is 3.88. The number of nitrogens with two attached hydrogens (primary N) is 1. The minimum absolute atomic E-state index is 0.0222. The van der Waals surface area contributed by atoms with Crippen LogP contribution in [0.4, 0.5) is 8.78 Å². The summed E-state index contributed by atoms with van der Waals surface area (Å²) in [5, 5.41) is 3.41. The zero-order chi connectivity index (χ0) is 13.7. The van der Waals surface area contributed by atoms with Gasteiger partial charge in [0.2, 0.25) is 0 Å². The van der Waals surface area contributed by atoms with E-state index in [-0.39, 0.29) is 12.4 Å². The van der Waals surface area contributed by atoms with Crippen LogP contribution in [0, 0.1) is 11.6 Å². The summed E-state index contributed by atoms with van der Waals surface area (Å²) < 4.78 is 31.3. The van der Waals surface area contributed by atoms with Gasteiger partial charge in [0.05, 0.1) is 6.21 Å². The monoisotopic (exact) mass is 262 g/mol. The molecule has 0 saturated heterocycles. The van der Waals surface area contributed by atoms with Gasteiger partial charge in [0.1, 0.15) is 12.4 Å². The molecular weight excluding hydrogens is 250 g/mol. The third-order valence-corrected chi connectivity index (χ3v) is 2.49. The van der Waals surface area contributed by atoms with E-state index in [0.717, 1.165) is 23.3 Å². The first-order chi connectivity index (χ1) is 9.19. The van der Waals surface area contributed by atoms with Gasteiger partial charge in [-0.1, -0.05) is 24.3 Å². The second kappa shape index (κ2) is 5.95. The van der Waals surface area contributed by atoms with Crippen molar-refractivity contribution in [1.29, 1.82) is 0 Å². The second-order valence-electron chi connectivity index (χ2n) is 3.88. The highest BCUT2D eigenvalue weighted by atomic mass is 19.1. The van der Waals surface area contributed by atoms with Crippen molar-refractivity contribution in [1.82, 2.24) is 0 Å². The Hall–Kier alpha value is -2.43. The van der Waals surface area contributed by atoms with E-state index in [9.17, 15) is 8.78 Å². The number of hydrogen-bond donors (Lipinski definition) is 1. The Bertz CT molecular complexity index is 582. The first kappa shape index (κ1) is 13.0. The fraction of sp³-hybridized carbons (Fsp3) is 0.0714. The number of benzene rings is 2. The molecule has 0 amide bonds. The van der Waals surface area contributed by atoms with Gasteiger partial charge in [-0.15, -0.1) is 0 Å². The number of hydrazone groups is 1. The van der Waals surface area contributed by atoms with E-state index in [1.165, 1.54) is 12.3 Å². The molecule has 0 aliphatic carbocycles. The number of halogens is 2. The topological polar surface area (TPSA) is 47.6 Å². The summed E-state index contributed by atoms with van der Waals surface area (Å²) in [5.41, 5.74) is 1.72. The van der Waals surface area contributed by atoms with Gasteiger partial charge in [0.25, 0.3) is 0 Å². The zero-order valence-electron chi connectivity index (χ0n) is 10.0. The summed E-state index contributed by atoms with van der Waals surface area (Å²) in [5.74, 6) is 3.71. The van der Waals surface area contributed by atoms with Crippen molar-refractivity contribution in [3.63, 3.8) is 0 Å². The Morgan fingerprint density at radius 3 is 2.47 bits per heavy atom. The van der Waals surface area contributed by atoms with Crippen molar-refractivity contribution >= 4 is 6.21 Å². The van der Waals surface area contributed by atoms with E-state index in [0.29, 0.717) is 0 Å². The molecule has 0 aliphatic rings. The molecule has 2 rings (SSSR count). The van der Waals surface area contributed by atoms with Crippen LogP contribution in [0.2, 0.25) is 0 Å². The minimum atomic E-state index is -0.716. The van der Waals surface area contributed by atoms with Crippen LogP contribution >= 0.6 is 0 Å². The maximum atomic E-state index is 13.3. The van der Waals surface area contributed by atoms with Gasteiger partial charge < -0.3 is 10.6 Å². The molecule has 3 nitrogen and oxygen atoms in total. The summed E-state index contributed by atoms with van der Waals surface area (Å²) >= 11 is 0. The van der Waals surface area contributed by atoms with E-state index in [1.807, 2.05) is 24.3 Å². The maximum Gasteiger partial charge on any atom is 0.167 e. The van der Waals surface area contributed by atoms with E-state index in [4.69, 9.17) is 10.6 Å². The Balaban J connectivity index is 2.02. The average molecular weight is 262 g/mol. The highest BCUT2D eigenvalue weighted by Gasteiger charge is 2.04. The van der Waals surface area contributed by atoms with Gasteiger partial charge in [-0.25, -0.2) is 8.78 Å². The fourth-order valence-electron chi connectivity index (χ4n) is 1.54. The SMILES string of the molecule is NN=Cc1ccc(COc2ccc(F)cc2F)cc1. The normalized spacial score (nSPS) is 10.8. The molecule has 0 atom stereocenters. The van der Waals surface area contributed by atoms with Crippen LogP contribution in [0.5, 0.6) is 5.75 Å². The summed E-state index contributed by atoms with van der Waals surface area (Å²) in [6.07, 6.45) is 1.52. The Morgan fingerprint density at radius 1 is 1.11 bits per heavy atom. The van der Waals surface area contributed by atoms with Gasteiger partial charge in [-0.05, 0) is 23.3 Å². The van der Waals surface area contributed by atoms with Crippen LogP contribution in [0.15, 0.2) is 47.6 Å². The summed E-state index contributed by atoms with van der Waals surface area (Å²) in [6, 6.07) is 10.5. The molecule has 2 N–H and O–H groups in total. The minimum Gasteiger partial charge on any atom is -0.486 e. The number of hydrogen-bond acceptors (Lipinski definition) is 3. The lowest BCUT2D eigenvalue weighted by molar-refractivity contribution is 0.289. The van der Waals surface area contributed by atoms with Gasteiger partial charge >= 0.3 is 0 Å². The van der Waals surface area contributed by atoms with Gasteiger partial charge in [-0.3, -0.25) is 0 Å². The lowest BCUT2D eigenvalue weighted by atomic mass is 10.1. The molecule has 0 aromatic heterocycles. The average Bonchev–Trinajstić information content (AvgIpc) is 2.40. The smallest absolute Gasteiger partial charge is 0.167 e. The van der Waals surface area contributed by atoms with Crippen molar-refractivity contribution in [3.8, 4) is 5.75 Å². The van der Waals surface area contributed by atoms with Crippen molar-refractivity contribution in [2.45, 2.75) is 6.61 Å². The summed E-state index contributed by atoms with van der Waals surface area (Å²) in [6.45, 7) is 0.197. The Morgan fingerprint density at radius 2 is 1.84 bits per heavy atom. The molecule has 5 heteroatoms. The highest BCUT2D eigenvalue weighted by molar-refractivity contribution is 5.79. The van der Waals surface area contributed by atoms with Gasteiger partial charge in [0, 0.05) is 6.07 Å². The largest absolute Gasteiger partial charge is 0.486 e. The van der Waals surface area contributed by atoms with Crippen LogP contribution in [0.3, 0.4) is 0 Å². The standard InChI is InChI=1S/C14H12F2N2O/c15-12-5-6-14(13(16)7-12)19-9-11-3-1-10(2-4-11)8-18-17/h1-8H,9,17H2. The van der Waals surface area contributed by atoms with Crippen LogP contribution in [0.1, 0.15) is 11.1 Å². The quantitative estimate of drug-likeness (QED) is 0.523. The molecule has 2 aromatic carbocycles. The Kier molecular flexibility index (Phi) is 4.07. The van der Waals surface area contributed by atoms with Gasteiger partial charge in [0.15, 0.2) is 11.6 Å². The van der Waals surface area contributed by atoms with Crippen molar-refractivity contribution in [3.05, 3.63) is 65.2 Å². The van der Waals surface area contributed by atoms with Crippen molar-refractivity contribution in [2.75, 3.05) is 0 Å². The summed E-state index contributed by atoms with van der Waals surface area (Å²) in [7, 11) is 0. The van der Waals surface area contributed by atoms with Crippen LogP contribution in [-0.2, 0) is 6.61 Å². The lowest BCUT2D eigenvalue weighted by Crippen LogP contribution is -1.98. The zero-order valence-corrected chi connectivity index (χ0v) is 10.0. The van der Waals surface area contributed by atoms with Crippen molar-refractivity contribution in [2.24, 2.45) is 10.9 Å². The first-order valence-electron chi connectivity index (χ1n) is 5.59. The van der Waals surface area contributed by atoms with Crippen LogP contribution in [0.25, 0.3) is 0 Å². The summed E-state index contributed by atoms with van der Waals surface area (Å²) in [4.78, 5) is 0. The molecule has 2 aromatic rings. The molecule has 0 radical (unpaired) electrons. The number of nitrogens with zero attached hydrogens (tertiary/aromatic N) is 1. The van der Waals surface area contributed by atoms with Crippen LogP contribution in [-0.4, -0.2) is 6.21 Å². The first-order valence-corrected chi connectivity index (χ1v) is 5.59. The molecule has 0 aliphatic heterocycles. The lowest BCUT2D eigenvalue weighted by Gasteiger charge is -2.07. The third kappa shape index (κ3) is 3.51. The van der Waals surface area contributed by atoms with E-state index in [1.54, 1.807) is 0 Å². The highest BCUT2D eigenvalue weighted by Crippen LogP contribution is 2.19. The van der Waals surface area contributed by atoms with E-state index < -0.39 is 11.6 Å². The number of ether oxygens (including phenoxy) is 1. The number of rotatable bonds is 4. The molecule has 0 spiro atoms. The maximum absolute atomic E-state index is 13.3. The van der Waals surface area contributed by atoms with E-state index >= 15 is 0 Å². The predicted molar refractivity (Wildman–Crippen MR) is 68.9 cm³/mol. The fourth-order valence-corrected chi connectivity index (χ4v) is 1.54. The molecule has 0 heterocycles. The molecule has 0 bridgehead atoms. The Labute approximate surface area is 109 Å². The van der Waals surface area contributed by atoms with Crippen molar-refractivity contribution < 1.29 is 13.5 Å². The van der Waals surface area contributed by atoms with E-state index in [2.05, 4.69) is 5.10 Å². The molecular formula is C14H12F2N2O. The van der Waals surface area contributed by atoms with Crippen LogP contribution < -0.4 is 10.6 Å². The molecule has 98 valence electrons. The molecule has 0 fully saturated rings. The molecule has 19 heavy (non-hydrogen) atoms. The van der Waals surface area contributed by atoms with Gasteiger partial charge in [-0.2, -0.15) is 5.10 Å². The molecule has 0 unspecified atom stereocenters.